The van der Waals surface area contributed by atoms with E-state index in [0.717, 1.165) is 16.7 Å². The number of anilines is 1. The predicted octanol–water partition coefficient (Wildman–Crippen LogP) is 6.73. The second-order valence-corrected chi connectivity index (χ2v) is 10.3. The van der Waals surface area contributed by atoms with Crippen LogP contribution in [0.25, 0.3) is 5.70 Å². The molecule has 0 spiro atoms. The fourth-order valence-electron chi connectivity index (χ4n) is 4.33. The average Bonchev–Trinajstić information content (AvgIpc) is 2.94. The standard InChI is InChI=1S/C31H28ClN3O3S/c1-4-38-31(37)28-27(23-12-8-9-13-25(23)32)24(17-33)30(35-29(28)21-10-6-5-7-11-21)39-18-26(36)34-22-15-14-19(2)20(3)16-22/h5-16,27,35H,4,18H2,1-3H3,(H,34,36)/t27-/m1/s1. The Labute approximate surface area is 237 Å². The van der Waals surface area contributed by atoms with Crippen molar-refractivity contribution in [2.45, 2.75) is 26.7 Å². The van der Waals surface area contributed by atoms with Crippen LogP contribution in [0.1, 0.15) is 35.1 Å². The molecule has 0 aromatic heterocycles. The van der Waals surface area contributed by atoms with E-state index >= 15 is 0 Å². The van der Waals surface area contributed by atoms with E-state index in [4.69, 9.17) is 16.3 Å². The maximum atomic E-state index is 13.4. The Bertz CT molecular complexity index is 1510. The first-order valence-corrected chi connectivity index (χ1v) is 13.8. The summed E-state index contributed by atoms with van der Waals surface area (Å²) < 4.78 is 5.45. The first kappa shape index (κ1) is 28.0. The highest BCUT2D eigenvalue weighted by Gasteiger charge is 2.38. The van der Waals surface area contributed by atoms with Gasteiger partial charge in [-0.25, -0.2) is 4.79 Å². The van der Waals surface area contributed by atoms with Crippen LogP contribution in [-0.4, -0.2) is 24.2 Å². The summed E-state index contributed by atoms with van der Waals surface area (Å²) in [4.78, 5) is 26.3. The number of hydrogen-bond donors (Lipinski definition) is 2. The van der Waals surface area contributed by atoms with Gasteiger partial charge in [0, 0.05) is 10.7 Å². The van der Waals surface area contributed by atoms with Gasteiger partial charge in [-0.1, -0.05) is 78.0 Å². The Kier molecular flexibility index (Phi) is 9.13. The number of nitriles is 1. The normalized spacial score (nSPS) is 14.9. The summed E-state index contributed by atoms with van der Waals surface area (Å²) in [5, 5.41) is 17.5. The van der Waals surface area contributed by atoms with E-state index in [0.29, 0.717) is 27.0 Å². The maximum Gasteiger partial charge on any atom is 0.337 e. The Morgan fingerprint density at radius 1 is 1.05 bits per heavy atom. The number of benzene rings is 3. The van der Waals surface area contributed by atoms with Crippen molar-refractivity contribution in [1.82, 2.24) is 5.32 Å². The molecule has 3 aromatic rings. The lowest BCUT2D eigenvalue weighted by Gasteiger charge is -2.31. The molecular formula is C31H28ClN3O3S. The number of carbonyl (C=O) groups is 2. The van der Waals surface area contributed by atoms with Gasteiger partial charge in [-0.05, 0) is 61.2 Å². The molecule has 0 saturated heterocycles. The zero-order chi connectivity index (χ0) is 27.9. The van der Waals surface area contributed by atoms with Gasteiger partial charge >= 0.3 is 5.97 Å². The van der Waals surface area contributed by atoms with Crippen molar-refractivity contribution in [3.63, 3.8) is 0 Å². The molecule has 0 radical (unpaired) electrons. The van der Waals surface area contributed by atoms with E-state index < -0.39 is 11.9 Å². The van der Waals surface area contributed by atoms with E-state index in [-0.39, 0.29) is 29.4 Å². The van der Waals surface area contributed by atoms with Gasteiger partial charge in [-0.3, -0.25) is 4.79 Å². The number of dihydropyridines is 1. The van der Waals surface area contributed by atoms with Crippen molar-refractivity contribution in [3.8, 4) is 6.07 Å². The van der Waals surface area contributed by atoms with E-state index in [1.807, 2.05) is 68.4 Å². The van der Waals surface area contributed by atoms with E-state index in [1.165, 1.54) is 11.8 Å². The van der Waals surface area contributed by atoms with E-state index in [1.54, 1.807) is 25.1 Å². The fourth-order valence-corrected chi connectivity index (χ4v) is 5.42. The Hall–Kier alpha value is -3.99. The van der Waals surface area contributed by atoms with Crippen LogP contribution in [0, 0.1) is 25.2 Å². The lowest BCUT2D eigenvalue weighted by Crippen LogP contribution is -2.30. The second-order valence-electron chi connectivity index (χ2n) is 8.95. The summed E-state index contributed by atoms with van der Waals surface area (Å²) in [7, 11) is 0. The van der Waals surface area contributed by atoms with Gasteiger partial charge in [0.15, 0.2) is 0 Å². The Morgan fingerprint density at radius 2 is 1.77 bits per heavy atom. The van der Waals surface area contributed by atoms with Gasteiger partial charge < -0.3 is 15.4 Å². The molecule has 0 fully saturated rings. The third-order valence-electron chi connectivity index (χ3n) is 6.36. The van der Waals surface area contributed by atoms with Crippen LogP contribution >= 0.6 is 23.4 Å². The van der Waals surface area contributed by atoms with Crippen molar-refractivity contribution in [2.24, 2.45) is 0 Å². The molecule has 3 aromatic carbocycles. The molecule has 0 saturated carbocycles. The van der Waals surface area contributed by atoms with E-state index in [9.17, 15) is 14.9 Å². The summed E-state index contributed by atoms with van der Waals surface area (Å²) in [5.41, 5.74) is 5.36. The number of hydrogen-bond acceptors (Lipinski definition) is 6. The Morgan fingerprint density at radius 3 is 2.44 bits per heavy atom. The highest BCUT2D eigenvalue weighted by atomic mass is 35.5. The minimum atomic E-state index is -0.787. The van der Waals surface area contributed by atoms with Crippen LogP contribution in [0.5, 0.6) is 0 Å². The van der Waals surface area contributed by atoms with Gasteiger partial charge in [0.1, 0.15) is 0 Å². The zero-order valence-electron chi connectivity index (χ0n) is 21.9. The summed E-state index contributed by atoms with van der Waals surface area (Å²) in [5.74, 6) is -1.50. The van der Waals surface area contributed by atoms with Gasteiger partial charge in [0.25, 0.3) is 0 Å². The lowest BCUT2D eigenvalue weighted by atomic mass is 9.81. The number of ether oxygens (including phenoxy) is 1. The topological polar surface area (TPSA) is 91.2 Å². The number of amides is 1. The summed E-state index contributed by atoms with van der Waals surface area (Å²) in [6.07, 6.45) is 0. The number of carbonyl (C=O) groups excluding carboxylic acids is 2. The highest BCUT2D eigenvalue weighted by molar-refractivity contribution is 8.03. The molecule has 4 rings (SSSR count). The third-order valence-corrected chi connectivity index (χ3v) is 7.72. The number of esters is 1. The fraction of sp³-hybridized carbons (Fsp3) is 0.194. The maximum absolute atomic E-state index is 13.4. The monoisotopic (exact) mass is 557 g/mol. The molecular weight excluding hydrogens is 530 g/mol. The molecule has 2 N–H and O–H groups in total. The SMILES string of the molecule is CCOC(=O)C1=C(c2ccccc2)NC(SCC(=O)Nc2ccc(C)c(C)c2)=C(C#N)[C@H]1c1ccccc1Cl. The molecule has 1 amide bonds. The molecule has 8 heteroatoms. The van der Waals surface area contributed by atoms with Crippen molar-refractivity contribution in [1.29, 1.82) is 5.26 Å². The first-order chi connectivity index (χ1) is 18.8. The van der Waals surface area contributed by atoms with Gasteiger partial charge in [-0.2, -0.15) is 5.26 Å². The minimum absolute atomic E-state index is 0.0481. The predicted molar refractivity (Wildman–Crippen MR) is 157 cm³/mol. The number of aryl methyl sites for hydroxylation is 2. The number of nitrogens with zero attached hydrogens (tertiary/aromatic N) is 1. The smallest absolute Gasteiger partial charge is 0.337 e. The second kappa shape index (κ2) is 12.7. The molecule has 1 atom stereocenters. The first-order valence-electron chi connectivity index (χ1n) is 12.5. The van der Waals surface area contributed by atoms with Crippen LogP contribution in [0.15, 0.2) is 89.0 Å². The quantitative estimate of drug-likeness (QED) is 0.299. The zero-order valence-corrected chi connectivity index (χ0v) is 23.5. The molecule has 1 aliphatic rings. The van der Waals surface area contributed by atoms with Crippen molar-refractivity contribution >= 4 is 46.6 Å². The molecule has 198 valence electrons. The van der Waals surface area contributed by atoms with Crippen LogP contribution in [0.3, 0.4) is 0 Å². The van der Waals surface area contributed by atoms with Crippen LogP contribution in [-0.2, 0) is 14.3 Å². The number of rotatable bonds is 8. The number of allylic oxidation sites excluding steroid dienone is 1. The summed E-state index contributed by atoms with van der Waals surface area (Å²) in [6.45, 7) is 5.91. The highest BCUT2D eigenvalue weighted by Crippen LogP contribution is 2.45. The van der Waals surface area contributed by atoms with Gasteiger partial charge in [0.2, 0.25) is 5.91 Å². The molecule has 6 nitrogen and oxygen atoms in total. The summed E-state index contributed by atoms with van der Waals surface area (Å²) >= 11 is 7.81. The van der Waals surface area contributed by atoms with Gasteiger partial charge in [0.05, 0.1) is 46.2 Å². The molecule has 1 aliphatic heterocycles. The van der Waals surface area contributed by atoms with Crippen LogP contribution in [0.4, 0.5) is 5.69 Å². The molecule has 1 heterocycles. The van der Waals surface area contributed by atoms with Crippen LogP contribution in [0.2, 0.25) is 5.02 Å². The molecule has 0 unspecified atom stereocenters. The van der Waals surface area contributed by atoms with E-state index in [2.05, 4.69) is 16.7 Å². The minimum Gasteiger partial charge on any atom is -0.463 e. The average molecular weight is 558 g/mol. The number of thioether (sulfide) groups is 1. The molecule has 0 aliphatic carbocycles. The lowest BCUT2D eigenvalue weighted by molar-refractivity contribution is -0.138. The van der Waals surface area contributed by atoms with Gasteiger partial charge in [-0.15, -0.1) is 0 Å². The number of nitrogens with one attached hydrogen (secondary N) is 2. The molecule has 0 bridgehead atoms. The van der Waals surface area contributed by atoms with Crippen LogP contribution < -0.4 is 10.6 Å². The van der Waals surface area contributed by atoms with Crippen molar-refractivity contribution in [3.05, 3.63) is 116 Å². The van der Waals surface area contributed by atoms with Crippen molar-refractivity contribution in [2.75, 3.05) is 17.7 Å². The Balaban J connectivity index is 1.76. The molecule has 39 heavy (non-hydrogen) atoms. The van der Waals surface area contributed by atoms with Crippen molar-refractivity contribution < 1.29 is 14.3 Å². The summed E-state index contributed by atoms with van der Waals surface area (Å²) in [6, 6.07) is 24.5. The third kappa shape index (κ3) is 6.36. The number of halogens is 1. The largest absolute Gasteiger partial charge is 0.463 e.